The Bertz CT molecular complexity index is 746. The number of nitrogens with one attached hydrogen (secondary N) is 1. The molecule has 0 aliphatic rings. The molecular formula is C19H19NO. The van der Waals surface area contributed by atoms with E-state index in [1.54, 1.807) is 6.07 Å². The summed E-state index contributed by atoms with van der Waals surface area (Å²) in [5, 5.41) is 15.8. The van der Waals surface area contributed by atoms with Crippen molar-refractivity contribution in [1.29, 1.82) is 0 Å². The Balaban J connectivity index is 1.81. The normalized spacial score (nSPS) is 12.4. The van der Waals surface area contributed by atoms with Gasteiger partial charge in [0.2, 0.25) is 0 Å². The maximum absolute atomic E-state index is 9.83. The molecule has 0 bridgehead atoms. The summed E-state index contributed by atoms with van der Waals surface area (Å²) >= 11 is 0. The van der Waals surface area contributed by atoms with E-state index in [2.05, 4.69) is 54.7 Å². The van der Waals surface area contributed by atoms with E-state index in [0.717, 1.165) is 5.56 Å². The van der Waals surface area contributed by atoms with Crippen molar-refractivity contribution in [1.82, 2.24) is 5.32 Å². The number of rotatable bonds is 4. The SMILES string of the molecule is CC(NCc1ccccc1O)c1cccc2ccccc12. The van der Waals surface area contributed by atoms with Crippen LogP contribution in [0.2, 0.25) is 0 Å². The van der Waals surface area contributed by atoms with Crippen LogP contribution < -0.4 is 5.32 Å². The molecule has 3 aromatic rings. The lowest BCUT2D eigenvalue weighted by Gasteiger charge is -2.17. The van der Waals surface area contributed by atoms with E-state index < -0.39 is 0 Å². The van der Waals surface area contributed by atoms with Crippen molar-refractivity contribution in [3.63, 3.8) is 0 Å². The van der Waals surface area contributed by atoms with Crippen molar-refractivity contribution >= 4 is 10.8 Å². The number of aromatic hydroxyl groups is 1. The summed E-state index contributed by atoms with van der Waals surface area (Å²) in [5.74, 6) is 0.343. The maximum Gasteiger partial charge on any atom is 0.120 e. The fourth-order valence-corrected chi connectivity index (χ4v) is 2.66. The highest BCUT2D eigenvalue weighted by atomic mass is 16.3. The maximum atomic E-state index is 9.83. The molecule has 3 aromatic carbocycles. The third-order valence-corrected chi connectivity index (χ3v) is 3.88. The van der Waals surface area contributed by atoms with Crippen molar-refractivity contribution in [2.24, 2.45) is 0 Å². The molecule has 0 radical (unpaired) electrons. The second-order valence-electron chi connectivity index (χ2n) is 5.30. The molecule has 2 N–H and O–H groups in total. The lowest BCUT2D eigenvalue weighted by molar-refractivity contribution is 0.460. The summed E-state index contributed by atoms with van der Waals surface area (Å²) in [6.07, 6.45) is 0. The Hall–Kier alpha value is -2.32. The monoisotopic (exact) mass is 277 g/mol. The quantitative estimate of drug-likeness (QED) is 0.741. The van der Waals surface area contributed by atoms with E-state index in [4.69, 9.17) is 0 Å². The van der Waals surface area contributed by atoms with E-state index in [1.165, 1.54) is 16.3 Å². The minimum Gasteiger partial charge on any atom is -0.508 e. The van der Waals surface area contributed by atoms with Gasteiger partial charge in [-0.3, -0.25) is 0 Å². The van der Waals surface area contributed by atoms with Crippen LogP contribution in [0.25, 0.3) is 10.8 Å². The molecule has 0 saturated carbocycles. The third kappa shape index (κ3) is 2.91. The van der Waals surface area contributed by atoms with Gasteiger partial charge in [0.05, 0.1) is 0 Å². The summed E-state index contributed by atoms with van der Waals surface area (Å²) in [6.45, 7) is 2.80. The Kier molecular flexibility index (Phi) is 3.89. The van der Waals surface area contributed by atoms with Crippen LogP contribution in [0.4, 0.5) is 0 Å². The smallest absolute Gasteiger partial charge is 0.120 e. The molecule has 0 spiro atoms. The number of hydrogen-bond donors (Lipinski definition) is 2. The highest BCUT2D eigenvalue weighted by Gasteiger charge is 2.09. The number of fused-ring (bicyclic) bond motifs is 1. The van der Waals surface area contributed by atoms with Crippen LogP contribution >= 0.6 is 0 Å². The van der Waals surface area contributed by atoms with Crippen molar-refractivity contribution in [2.45, 2.75) is 19.5 Å². The minimum absolute atomic E-state index is 0.218. The molecule has 3 rings (SSSR count). The van der Waals surface area contributed by atoms with Gasteiger partial charge in [0.25, 0.3) is 0 Å². The van der Waals surface area contributed by atoms with Gasteiger partial charge in [-0.2, -0.15) is 0 Å². The summed E-state index contributed by atoms with van der Waals surface area (Å²) in [5.41, 5.74) is 2.20. The third-order valence-electron chi connectivity index (χ3n) is 3.88. The summed E-state index contributed by atoms with van der Waals surface area (Å²) in [7, 11) is 0. The highest BCUT2D eigenvalue weighted by molar-refractivity contribution is 5.86. The van der Waals surface area contributed by atoms with Crippen LogP contribution in [0.1, 0.15) is 24.1 Å². The average molecular weight is 277 g/mol. The largest absolute Gasteiger partial charge is 0.508 e. The van der Waals surface area contributed by atoms with Crippen LogP contribution in [0.3, 0.4) is 0 Å². The van der Waals surface area contributed by atoms with Gasteiger partial charge in [-0.15, -0.1) is 0 Å². The standard InChI is InChI=1S/C19H19NO/c1-14(20-13-16-8-3-5-12-19(16)21)17-11-6-9-15-7-2-4-10-18(15)17/h2-12,14,20-21H,13H2,1H3. The predicted molar refractivity (Wildman–Crippen MR) is 87.3 cm³/mol. The molecule has 0 aromatic heterocycles. The van der Waals surface area contributed by atoms with Gasteiger partial charge in [0.1, 0.15) is 5.75 Å². The van der Waals surface area contributed by atoms with Crippen molar-refractivity contribution in [3.8, 4) is 5.75 Å². The van der Waals surface area contributed by atoms with E-state index in [9.17, 15) is 5.11 Å². The van der Waals surface area contributed by atoms with Crippen LogP contribution in [0.5, 0.6) is 5.75 Å². The number of phenols is 1. The van der Waals surface area contributed by atoms with Crippen molar-refractivity contribution in [2.75, 3.05) is 0 Å². The topological polar surface area (TPSA) is 32.3 Å². The van der Waals surface area contributed by atoms with E-state index >= 15 is 0 Å². The molecular weight excluding hydrogens is 258 g/mol. The van der Waals surface area contributed by atoms with Crippen molar-refractivity contribution < 1.29 is 5.11 Å². The predicted octanol–water partition coefficient (Wildman–Crippen LogP) is 4.40. The first kappa shape index (κ1) is 13.7. The van der Waals surface area contributed by atoms with Crippen LogP contribution in [0.15, 0.2) is 66.7 Å². The van der Waals surface area contributed by atoms with Gasteiger partial charge in [-0.1, -0.05) is 60.7 Å². The Morgan fingerprint density at radius 3 is 2.48 bits per heavy atom. The number of hydrogen-bond acceptors (Lipinski definition) is 2. The van der Waals surface area contributed by atoms with E-state index in [1.807, 2.05) is 18.2 Å². The first-order valence-corrected chi connectivity index (χ1v) is 7.23. The fourth-order valence-electron chi connectivity index (χ4n) is 2.66. The van der Waals surface area contributed by atoms with Gasteiger partial charge >= 0.3 is 0 Å². The zero-order chi connectivity index (χ0) is 14.7. The molecule has 21 heavy (non-hydrogen) atoms. The van der Waals surface area contributed by atoms with Gasteiger partial charge < -0.3 is 10.4 Å². The lowest BCUT2D eigenvalue weighted by Crippen LogP contribution is -2.18. The van der Waals surface area contributed by atoms with Crippen LogP contribution in [-0.2, 0) is 6.54 Å². The molecule has 0 saturated heterocycles. The molecule has 1 atom stereocenters. The molecule has 106 valence electrons. The van der Waals surface area contributed by atoms with E-state index in [-0.39, 0.29) is 6.04 Å². The highest BCUT2D eigenvalue weighted by Crippen LogP contribution is 2.25. The van der Waals surface area contributed by atoms with E-state index in [0.29, 0.717) is 12.3 Å². The molecule has 2 heteroatoms. The number of para-hydroxylation sites is 1. The Labute approximate surface area is 125 Å². The lowest BCUT2D eigenvalue weighted by atomic mass is 9.99. The summed E-state index contributed by atoms with van der Waals surface area (Å²) in [4.78, 5) is 0. The van der Waals surface area contributed by atoms with Gasteiger partial charge in [0.15, 0.2) is 0 Å². The van der Waals surface area contributed by atoms with Crippen LogP contribution in [0, 0.1) is 0 Å². The zero-order valence-electron chi connectivity index (χ0n) is 12.1. The Morgan fingerprint density at radius 1 is 0.905 bits per heavy atom. The summed E-state index contributed by atoms with van der Waals surface area (Å²) < 4.78 is 0. The molecule has 0 heterocycles. The second kappa shape index (κ2) is 5.98. The Morgan fingerprint density at radius 2 is 1.62 bits per heavy atom. The average Bonchev–Trinajstić information content (AvgIpc) is 2.53. The number of phenolic OH excluding ortho intramolecular Hbond substituents is 1. The molecule has 0 amide bonds. The van der Waals surface area contributed by atoms with Gasteiger partial charge in [0, 0.05) is 18.2 Å². The fraction of sp³-hybridized carbons (Fsp3) is 0.158. The molecule has 0 aliphatic heterocycles. The summed E-state index contributed by atoms with van der Waals surface area (Å²) in [6, 6.07) is 22.5. The van der Waals surface area contributed by atoms with Gasteiger partial charge in [-0.25, -0.2) is 0 Å². The minimum atomic E-state index is 0.218. The van der Waals surface area contributed by atoms with Crippen LogP contribution in [-0.4, -0.2) is 5.11 Å². The second-order valence-corrected chi connectivity index (χ2v) is 5.30. The van der Waals surface area contributed by atoms with Crippen molar-refractivity contribution in [3.05, 3.63) is 77.9 Å². The van der Waals surface area contributed by atoms with Gasteiger partial charge in [-0.05, 0) is 29.3 Å². The first-order chi connectivity index (χ1) is 10.3. The first-order valence-electron chi connectivity index (χ1n) is 7.23. The zero-order valence-corrected chi connectivity index (χ0v) is 12.1. The molecule has 1 unspecified atom stereocenters. The molecule has 2 nitrogen and oxygen atoms in total. The number of benzene rings is 3. The molecule has 0 fully saturated rings. The molecule has 0 aliphatic carbocycles.